The molecule has 1 aliphatic carbocycles. The third-order valence-electron chi connectivity index (χ3n) is 3.64. The fraction of sp³-hybridized carbons (Fsp3) is 0.615. The zero-order chi connectivity index (χ0) is 13.1. The summed E-state index contributed by atoms with van der Waals surface area (Å²) in [5.74, 6) is 0.170. The molecule has 5 nitrogen and oxygen atoms in total. The summed E-state index contributed by atoms with van der Waals surface area (Å²) in [6.45, 7) is 3.93. The van der Waals surface area contributed by atoms with E-state index in [0.717, 1.165) is 6.42 Å². The van der Waals surface area contributed by atoms with Crippen LogP contribution >= 0.6 is 0 Å². The minimum atomic E-state index is -0.981. The highest BCUT2D eigenvalue weighted by molar-refractivity contribution is 5.88. The van der Waals surface area contributed by atoms with Gasteiger partial charge >= 0.3 is 5.97 Å². The number of rotatable bonds is 3. The number of hydrogen-bond donors (Lipinski definition) is 2. The molecule has 98 valence electrons. The van der Waals surface area contributed by atoms with Gasteiger partial charge in [-0.2, -0.15) is 0 Å². The molecule has 1 aromatic rings. The van der Waals surface area contributed by atoms with Crippen LogP contribution in [0, 0.1) is 12.8 Å². The summed E-state index contributed by atoms with van der Waals surface area (Å²) in [7, 11) is 0. The SMILES string of the molecule is Cc1nc(NC2CCCCC2C)ncc1C(=O)O. The molecule has 1 aromatic heterocycles. The molecule has 0 amide bonds. The smallest absolute Gasteiger partial charge is 0.339 e. The molecule has 2 atom stereocenters. The van der Waals surface area contributed by atoms with E-state index < -0.39 is 5.97 Å². The van der Waals surface area contributed by atoms with E-state index in [1.54, 1.807) is 6.92 Å². The first kappa shape index (κ1) is 12.8. The van der Waals surface area contributed by atoms with Crippen molar-refractivity contribution < 1.29 is 9.90 Å². The topological polar surface area (TPSA) is 75.1 Å². The van der Waals surface area contributed by atoms with Gasteiger partial charge < -0.3 is 10.4 Å². The molecule has 0 bridgehead atoms. The number of aromatic nitrogens is 2. The average molecular weight is 249 g/mol. The van der Waals surface area contributed by atoms with Gasteiger partial charge in [-0.25, -0.2) is 14.8 Å². The number of nitrogens with one attached hydrogen (secondary N) is 1. The Labute approximate surface area is 107 Å². The molecule has 5 heteroatoms. The standard InChI is InChI=1S/C13H19N3O2/c1-8-5-3-4-6-11(8)16-13-14-7-10(12(17)18)9(2)15-13/h7-8,11H,3-6H2,1-2H3,(H,17,18)(H,14,15,16). The van der Waals surface area contributed by atoms with Gasteiger partial charge in [-0.05, 0) is 25.7 Å². The van der Waals surface area contributed by atoms with Crippen molar-refractivity contribution in [3.63, 3.8) is 0 Å². The molecular formula is C13H19N3O2. The maximum Gasteiger partial charge on any atom is 0.339 e. The van der Waals surface area contributed by atoms with Crippen LogP contribution < -0.4 is 5.32 Å². The van der Waals surface area contributed by atoms with Crippen molar-refractivity contribution >= 4 is 11.9 Å². The quantitative estimate of drug-likeness (QED) is 0.860. The summed E-state index contributed by atoms with van der Waals surface area (Å²) >= 11 is 0. The molecule has 1 heterocycles. The van der Waals surface area contributed by atoms with Crippen molar-refractivity contribution in [2.45, 2.75) is 45.6 Å². The fourth-order valence-electron chi connectivity index (χ4n) is 2.44. The predicted molar refractivity (Wildman–Crippen MR) is 68.8 cm³/mol. The second-order valence-corrected chi connectivity index (χ2v) is 5.01. The Morgan fingerprint density at radius 1 is 1.44 bits per heavy atom. The third-order valence-corrected chi connectivity index (χ3v) is 3.64. The lowest BCUT2D eigenvalue weighted by molar-refractivity contribution is 0.0695. The van der Waals surface area contributed by atoms with E-state index >= 15 is 0 Å². The second-order valence-electron chi connectivity index (χ2n) is 5.01. The highest BCUT2D eigenvalue weighted by atomic mass is 16.4. The second kappa shape index (κ2) is 5.33. The van der Waals surface area contributed by atoms with E-state index in [4.69, 9.17) is 5.11 Å². The molecule has 2 N–H and O–H groups in total. The van der Waals surface area contributed by atoms with Crippen molar-refractivity contribution in [1.29, 1.82) is 0 Å². The van der Waals surface area contributed by atoms with E-state index in [9.17, 15) is 4.79 Å². The largest absolute Gasteiger partial charge is 0.478 e. The van der Waals surface area contributed by atoms with E-state index in [1.165, 1.54) is 25.5 Å². The Hall–Kier alpha value is -1.65. The van der Waals surface area contributed by atoms with Crippen molar-refractivity contribution in [1.82, 2.24) is 9.97 Å². The Bertz CT molecular complexity index is 448. The zero-order valence-electron chi connectivity index (χ0n) is 10.8. The maximum absolute atomic E-state index is 10.9. The van der Waals surface area contributed by atoms with Gasteiger partial charge in [-0.1, -0.05) is 19.8 Å². The van der Waals surface area contributed by atoms with Crippen molar-refractivity contribution in [2.75, 3.05) is 5.32 Å². The first-order valence-corrected chi connectivity index (χ1v) is 6.41. The van der Waals surface area contributed by atoms with Gasteiger partial charge in [0.05, 0.1) is 11.3 Å². The summed E-state index contributed by atoms with van der Waals surface area (Å²) in [6.07, 6.45) is 6.25. The van der Waals surface area contributed by atoms with Crippen LogP contribution in [0.5, 0.6) is 0 Å². The van der Waals surface area contributed by atoms with Gasteiger partial charge in [0.25, 0.3) is 0 Å². The lowest BCUT2D eigenvalue weighted by Crippen LogP contribution is -2.31. The van der Waals surface area contributed by atoms with E-state index in [1.807, 2.05) is 0 Å². The lowest BCUT2D eigenvalue weighted by Gasteiger charge is -2.29. The van der Waals surface area contributed by atoms with Gasteiger partial charge in [0.2, 0.25) is 5.95 Å². The Morgan fingerprint density at radius 3 is 2.78 bits per heavy atom. The summed E-state index contributed by atoms with van der Waals surface area (Å²) in [5, 5.41) is 12.2. The fourth-order valence-corrected chi connectivity index (χ4v) is 2.44. The number of anilines is 1. The molecular weight excluding hydrogens is 230 g/mol. The molecule has 1 aliphatic rings. The van der Waals surface area contributed by atoms with Gasteiger partial charge in [0.1, 0.15) is 0 Å². The number of aryl methyl sites for hydroxylation is 1. The molecule has 1 saturated carbocycles. The Kier molecular flexibility index (Phi) is 3.79. The van der Waals surface area contributed by atoms with Gasteiger partial charge in [-0.3, -0.25) is 0 Å². The van der Waals surface area contributed by atoms with Crippen LogP contribution in [-0.2, 0) is 0 Å². The number of carboxylic acids is 1. The lowest BCUT2D eigenvalue weighted by atomic mass is 9.86. The molecule has 0 spiro atoms. The summed E-state index contributed by atoms with van der Waals surface area (Å²) in [4.78, 5) is 19.2. The van der Waals surface area contributed by atoms with Crippen molar-refractivity contribution in [3.05, 3.63) is 17.5 Å². The highest BCUT2D eigenvalue weighted by Crippen LogP contribution is 2.25. The Balaban J connectivity index is 2.10. The summed E-state index contributed by atoms with van der Waals surface area (Å²) in [6, 6.07) is 0.397. The van der Waals surface area contributed by atoms with Crippen molar-refractivity contribution in [3.8, 4) is 0 Å². The normalized spacial score (nSPS) is 23.7. The van der Waals surface area contributed by atoms with Gasteiger partial charge in [0.15, 0.2) is 0 Å². The van der Waals surface area contributed by atoms with Crippen molar-refractivity contribution in [2.24, 2.45) is 5.92 Å². The minimum absolute atomic E-state index is 0.164. The first-order chi connectivity index (χ1) is 8.58. The molecule has 0 radical (unpaired) electrons. The van der Waals surface area contributed by atoms with Crippen LogP contribution in [0.2, 0.25) is 0 Å². The first-order valence-electron chi connectivity index (χ1n) is 6.41. The monoisotopic (exact) mass is 249 g/mol. The van der Waals surface area contributed by atoms with Crippen LogP contribution in [0.25, 0.3) is 0 Å². The number of carbonyl (C=O) groups is 1. The average Bonchev–Trinajstić information content (AvgIpc) is 2.32. The molecule has 2 unspecified atom stereocenters. The molecule has 0 saturated heterocycles. The molecule has 2 rings (SSSR count). The number of aromatic carboxylic acids is 1. The molecule has 0 aliphatic heterocycles. The third kappa shape index (κ3) is 2.78. The van der Waals surface area contributed by atoms with E-state index in [2.05, 4.69) is 22.2 Å². The highest BCUT2D eigenvalue weighted by Gasteiger charge is 2.22. The molecule has 0 aromatic carbocycles. The van der Waals surface area contributed by atoms with Crippen LogP contribution in [0.15, 0.2) is 6.20 Å². The number of hydrogen-bond acceptors (Lipinski definition) is 4. The predicted octanol–water partition coefficient (Wildman–Crippen LogP) is 2.47. The molecule has 18 heavy (non-hydrogen) atoms. The van der Waals surface area contributed by atoms with Crippen LogP contribution in [0.3, 0.4) is 0 Å². The molecule has 1 fully saturated rings. The summed E-state index contributed by atoms with van der Waals surface area (Å²) < 4.78 is 0. The zero-order valence-corrected chi connectivity index (χ0v) is 10.8. The van der Waals surface area contributed by atoms with Crippen LogP contribution in [0.4, 0.5) is 5.95 Å². The number of nitrogens with zero attached hydrogens (tertiary/aromatic N) is 2. The van der Waals surface area contributed by atoms with Gasteiger partial charge in [0, 0.05) is 12.2 Å². The maximum atomic E-state index is 10.9. The van der Waals surface area contributed by atoms with Crippen LogP contribution in [-0.4, -0.2) is 27.1 Å². The summed E-state index contributed by atoms with van der Waals surface area (Å²) in [5.41, 5.74) is 0.667. The van der Waals surface area contributed by atoms with E-state index in [-0.39, 0.29) is 5.56 Å². The van der Waals surface area contributed by atoms with Crippen LogP contribution in [0.1, 0.15) is 48.7 Å². The van der Waals surface area contributed by atoms with E-state index in [0.29, 0.717) is 23.6 Å². The van der Waals surface area contributed by atoms with Gasteiger partial charge in [-0.15, -0.1) is 0 Å². The Morgan fingerprint density at radius 2 is 2.17 bits per heavy atom. The number of carboxylic acid groups (broad SMARTS) is 1. The minimum Gasteiger partial charge on any atom is -0.478 e.